The molecule has 0 unspecified atom stereocenters. The topological polar surface area (TPSA) is 59.1 Å². The first kappa shape index (κ1) is 19.3. The molecule has 132 valence electrons. The van der Waals surface area contributed by atoms with Crippen LogP contribution in [0.3, 0.4) is 0 Å². The number of hydrogen-bond acceptors (Lipinski definition) is 5. The molecular weight excluding hydrogens is 296 g/mol. The number of hydrogen-bond donors (Lipinski definition) is 0. The van der Waals surface area contributed by atoms with E-state index in [1.165, 1.54) is 6.92 Å². The number of ketones is 1. The number of rotatable bonds is 5. The van der Waals surface area contributed by atoms with Gasteiger partial charge in [-0.3, -0.25) is 4.79 Å². The Balaban J connectivity index is 2.65. The van der Waals surface area contributed by atoms with Gasteiger partial charge in [0.15, 0.2) is 5.88 Å². The van der Waals surface area contributed by atoms with Gasteiger partial charge in [-0.1, -0.05) is 0 Å². The second kappa shape index (κ2) is 6.81. The number of amides is 1. The molecule has 0 N–H and O–H groups in total. The first-order valence-corrected chi connectivity index (χ1v) is 7.90. The Morgan fingerprint density at radius 2 is 1.57 bits per heavy atom. The zero-order chi connectivity index (χ0) is 18.0. The molecule has 6 nitrogen and oxygen atoms in total. The van der Waals surface area contributed by atoms with Gasteiger partial charge in [-0.15, -0.1) is 0 Å². The summed E-state index contributed by atoms with van der Waals surface area (Å²) in [6, 6.07) is 0.0151. The van der Waals surface area contributed by atoms with Gasteiger partial charge >= 0.3 is 6.09 Å². The van der Waals surface area contributed by atoms with E-state index in [0.29, 0.717) is 19.0 Å². The number of nitrogens with zero attached hydrogens (tertiary/aromatic N) is 2. The van der Waals surface area contributed by atoms with E-state index < -0.39 is 5.60 Å². The summed E-state index contributed by atoms with van der Waals surface area (Å²) in [7, 11) is 0. The van der Waals surface area contributed by atoms with E-state index in [2.05, 4.69) is 6.58 Å². The van der Waals surface area contributed by atoms with Crippen molar-refractivity contribution in [3.05, 3.63) is 12.5 Å². The normalized spacial score (nSPS) is 15.7. The van der Waals surface area contributed by atoms with E-state index in [1.54, 1.807) is 4.90 Å². The zero-order valence-corrected chi connectivity index (χ0v) is 15.4. The van der Waals surface area contributed by atoms with Crippen LogP contribution in [-0.2, 0) is 14.3 Å². The number of carbonyl (C=O) groups is 2. The van der Waals surface area contributed by atoms with Crippen molar-refractivity contribution in [2.75, 3.05) is 19.6 Å². The molecule has 0 radical (unpaired) electrons. The third-order valence-electron chi connectivity index (χ3n) is 3.09. The number of ether oxygens (including phenoxy) is 2. The minimum atomic E-state index is -0.514. The van der Waals surface area contributed by atoms with Gasteiger partial charge in [0.25, 0.3) is 0 Å². The van der Waals surface area contributed by atoms with Gasteiger partial charge < -0.3 is 19.3 Å². The Hall–Kier alpha value is -1.72. The van der Waals surface area contributed by atoms with Crippen molar-refractivity contribution in [1.82, 2.24) is 9.80 Å². The molecule has 0 aromatic carbocycles. The van der Waals surface area contributed by atoms with Crippen LogP contribution >= 0.6 is 0 Å². The Labute approximate surface area is 139 Å². The monoisotopic (exact) mass is 326 g/mol. The SMILES string of the molecule is C=C(OC(C)(C)C)N(CC(C)=O)C1CN(C(=O)OC(C)(C)C)C1. The molecule has 1 heterocycles. The summed E-state index contributed by atoms with van der Waals surface area (Å²) < 4.78 is 11.1. The zero-order valence-electron chi connectivity index (χ0n) is 15.4. The van der Waals surface area contributed by atoms with Gasteiger partial charge in [0.2, 0.25) is 0 Å². The van der Waals surface area contributed by atoms with Crippen molar-refractivity contribution in [1.29, 1.82) is 0 Å². The Kier molecular flexibility index (Phi) is 5.72. The van der Waals surface area contributed by atoms with Crippen molar-refractivity contribution in [3.63, 3.8) is 0 Å². The Bertz CT molecular complexity index is 468. The average Bonchev–Trinajstić information content (AvgIpc) is 2.19. The number of likely N-dealkylation sites (tertiary alicyclic amines) is 1. The van der Waals surface area contributed by atoms with E-state index in [0.717, 1.165) is 0 Å². The summed E-state index contributed by atoms with van der Waals surface area (Å²) in [5, 5.41) is 0. The molecule has 0 saturated carbocycles. The standard InChI is InChI=1S/C17H30N2O4/c1-12(20)9-19(13(2)22-16(3,4)5)14-10-18(11-14)15(21)23-17(6,7)8/h14H,2,9-11H2,1,3-8H3. The van der Waals surface area contributed by atoms with Crippen LogP contribution < -0.4 is 0 Å². The van der Waals surface area contributed by atoms with Gasteiger partial charge in [0.05, 0.1) is 12.6 Å². The fourth-order valence-electron chi connectivity index (χ4n) is 2.20. The lowest BCUT2D eigenvalue weighted by Gasteiger charge is -2.46. The quantitative estimate of drug-likeness (QED) is 0.727. The number of carbonyl (C=O) groups excluding carboxylic acids is 2. The first-order chi connectivity index (χ1) is 10.3. The van der Waals surface area contributed by atoms with E-state index in [4.69, 9.17) is 9.47 Å². The molecule has 1 aliphatic rings. The molecule has 0 aromatic heterocycles. The minimum absolute atomic E-state index is 0.0151. The van der Waals surface area contributed by atoms with Crippen LogP contribution in [0.15, 0.2) is 12.5 Å². The van der Waals surface area contributed by atoms with Crippen molar-refractivity contribution in [2.45, 2.75) is 65.7 Å². The molecule has 6 heteroatoms. The molecule has 0 aromatic rings. The maximum atomic E-state index is 12.0. The molecule has 0 atom stereocenters. The van der Waals surface area contributed by atoms with Gasteiger partial charge in [-0.2, -0.15) is 0 Å². The molecular formula is C17H30N2O4. The van der Waals surface area contributed by atoms with Gasteiger partial charge in [-0.05, 0) is 55.0 Å². The maximum absolute atomic E-state index is 12.0. The van der Waals surface area contributed by atoms with Gasteiger partial charge in [0, 0.05) is 13.1 Å². The second-order valence-corrected chi connectivity index (χ2v) is 7.98. The lowest BCUT2D eigenvalue weighted by atomic mass is 10.1. The van der Waals surface area contributed by atoms with E-state index in [1.807, 2.05) is 46.4 Å². The smallest absolute Gasteiger partial charge is 0.410 e. The third kappa shape index (κ3) is 6.50. The fourth-order valence-corrected chi connectivity index (χ4v) is 2.20. The van der Waals surface area contributed by atoms with Crippen molar-refractivity contribution >= 4 is 11.9 Å². The largest absolute Gasteiger partial charge is 0.474 e. The van der Waals surface area contributed by atoms with Crippen LogP contribution in [0.1, 0.15) is 48.5 Å². The molecule has 0 aliphatic carbocycles. The van der Waals surface area contributed by atoms with Crippen molar-refractivity contribution in [3.8, 4) is 0 Å². The second-order valence-electron chi connectivity index (χ2n) is 7.98. The summed E-state index contributed by atoms with van der Waals surface area (Å²) in [6.45, 7) is 18.0. The maximum Gasteiger partial charge on any atom is 0.410 e. The summed E-state index contributed by atoms with van der Waals surface area (Å²) in [6.07, 6.45) is -0.334. The Morgan fingerprint density at radius 3 is 1.96 bits per heavy atom. The average molecular weight is 326 g/mol. The number of Topliss-reactive ketones (excluding diaryl/α,β-unsaturated/α-hetero) is 1. The third-order valence-corrected chi connectivity index (χ3v) is 3.09. The summed E-state index contributed by atoms with van der Waals surface area (Å²) in [5.41, 5.74) is -0.902. The molecule has 0 spiro atoms. The molecule has 1 saturated heterocycles. The van der Waals surface area contributed by atoms with Gasteiger partial charge in [0.1, 0.15) is 17.0 Å². The van der Waals surface area contributed by atoms with Crippen LogP contribution in [0, 0.1) is 0 Å². The molecule has 1 aliphatic heterocycles. The summed E-state index contributed by atoms with van der Waals surface area (Å²) >= 11 is 0. The lowest BCUT2D eigenvalue weighted by molar-refractivity contribution is -0.121. The highest BCUT2D eigenvalue weighted by atomic mass is 16.6. The highest BCUT2D eigenvalue weighted by Gasteiger charge is 2.38. The summed E-state index contributed by atoms with van der Waals surface area (Å²) in [5.74, 6) is 0.487. The highest BCUT2D eigenvalue weighted by molar-refractivity contribution is 5.78. The predicted octanol–water partition coefficient (Wildman–Crippen LogP) is 2.78. The van der Waals surface area contributed by atoms with Crippen LogP contribution in [0.2, 0.25) is 0 Å². The Morgan fingerprint density at radius 1 is 1.09 bits per heavy atom. The van der Waals surface area contributed by atoms with Crippen molar-refractivity contribution < 1.29 is 19.1 Å². The summed E-state index contributed by atoms with van der Waals surface area (Å²) in [4.78, 5) is 27.0. The van der Waals surface area contributed by atoms with Crippen LogP contribution in [0.4, 0.5) is 4.79 Å². The minimum Gasteiger partial charge on any atom is -0.474 e. The lowest BCUT2D eigenvalue weighted by Crippen LogP contribution is -2.62. The van der Waals surface area contributed by atoms with Crippen LogP contribution in [0.5, 0.6) is 0 Å². The molecule has 1 amide bonds. The highest BCUT2D eigenvalue weighted by Crippen LogP contribution is 2.24. The molecule has 0 bridgehead atoms. The molecule has 1 rings (SSSR count). The van der Waals surface area contributed by atoms with E-state index >= 15 is 0 Å². The van der Waals surface area contributed by atoms with E-state index in [-0.39, 0.29) is 30.1 Å². The van der Waals surface area contributed by atoms with Gasteiger partial charge in [-0.25, -0.2) is 4.79 Å². The molecule has 1 fully saturated rings. The van der Waals surface area contributed by atoms with Crippen LogP contribution in [0.25, 0.3) is 0 Å². The van der Waals surface area contributed by atoms with Crippen LogP contribution in [-0.4, -0.2) is 58.6 Å². The molecule has 23 heavy (non-hydrogen) atoms. The van der Waals surface area contributed by atoms with E-state index in [9.17, 15) is 9.59 Å². The predicted molar refractivity (Wildman–Crippen MR) is 89.0 cm³/mol. The first-order valence-electron chi connectivity index (χ1n) is 7.90. The fraction of sp³-hybridized carbons (Fsp3) is 0.765. The van der Waals surface area contributed by atoms with Crippen molar-refractivity contribution in [2.24, 2.45) is 0 Å².